The monoisotopic (exact) mass is 1030 g/mol. The van der Waals surface area contributed by atoms with Gasteiger partial charge in [-0.25, -0.2) is 0 Å². The summed E-state index contributed by atoms with van der Waals surface area (Å²) in [5, 5.41) is 13.8. The number of hydrogen-bond acceptors (Lipinski definition) is 6. The van der Waals surface area contributed by atoms with Crippen LogP contribution < -0.4 is 10.2 Å². The molecule has 0 aliphatic rings. The minimum absolute atomic E-state index is 0.00624. The van der Waals surface area contributed by atoms with Gasteiger partial charge in [-0.2, -0.15) is 0 Å². The van der Waals surface area contributed by atoms with E-state index in [1.807, 2.05) is 27.2 Å². The first-order valence-corrected chi connectivity index (χ1v) is 32.1. The summed E-state index contributed by atoms with van der Waals surface area (Å²) in [7, 11) is 1.25. The SMILES string of the molecule is CCCCCCC/C=C\C/C=C\C/C=C\CCCCCCCCCCCCCCCCCCCCCCCCC(=O)NC(COP(=O)([O-])OCC[N+](C)(C)C)C(O)/C=C/CC/C=C/CCCCCCCCC. The van der Waals surface area contributed by atoms with Crippen LogP contribution in [0.15, 0.2) is 60.8 Å². The normalized spacial score (nSPS) is 14.3. The van der Waals surface area contributed by atoms with Gasteiger partial charge in [0, 0.05) is 6.42 Å². The molecule has 0 fully saturated rings. The Hall–Kier alpha value is -1.80. The van der Waals surface area contributed by atoms with Crippen LogP contribution in [0, 0.1) is 0 Å². The highest BCUT2D eigenvalue weighted by molar-refractivity contribution is 7.45. The summed E-state index contributed by atoms with van der Waals surface area (Å²) >= 11 is 0. The first-order chi connectivity index (χ1) is 35.0. The molecule has 0 heterocycles. The number of carbonyl (C=O) groups excluding carboxylic acids is 1. The number of carbonyl (C=O) groups is 1. The zero-order chi connectivity index (χ0) is 52.7. The van der Waals surface area contributed by atoms with E-state index < -0.39 is 26.6 Å². The van der Waals surface area contributed by atoms with Crippen molar-refractivity contribution >= 4 is 13.7 Å². The van der Waals surface area contributed by atoms with Gasteiger partial charge in [-0.15, -0.1) is 0 Å². The first kappa shape index (κ1) is 70.2. The summed E-state index contributed by atoms with van der Waals surface area (Å²) < 4.78 is 23.3. The van der Waals surface area contributed by atoms with Gasteiger partial charge in [0.2, 0.25) is 5.91 Å². The Morgan fingerprint density at radius 1 is 0.486 bits per heavy atom. The summed E-state index contributed by atoms with van der Waals surface area (Å²) in [4.78, 5) is 25.4. The maximum atomic E-state index is 12.9. The van der Waals surface area contributed by atoms with Crippen molar-refractivity contribution in [1.29, 1.82) is 0 Å². The van der Waals surface area contributed by atoms with E-state index in [1.165, 1.54) is 212 Å². The second-order valence-electron chi connectivity index (χ2n) is 22.0. The molecular formula is C63H119N2O6P. The zero-order valence-corrected chi connectivity index (χ0v) is 49.0. The molecule has 0 aromatic heterocycles. The summed E-state index contributed by atoms with van der Waals surface area (Å²) in [6, 6.07) is -0.902. The standard InChI is InChI=1S/C63H119N2O6P/c1-6-8-10-12-14-16-18-20-21-22-23-24-25-26-27-28-29-30-31-32-33-34-35-36-37-38-39-40-41-42-43-45-47-49-51-53-55-57-63(67)64-61(60-71-72(68,69)70-59-58-65(3,4)5)62(66)56-54-52-50-48-46-44-19-17-15-13-11-9-7-2/h18,20,22-23,25-26,46,48,54,56,61-62,66H,6-17,19,21,24,27-45,47,49-53,55,57-60H2,1-5H3,(H-,64,67,68,69)/b20-18-,23-22-,26-25-,48-46+,56-54+. The zero-order valence-electron chi connectivity index (χ0n) is 48.1. The molecule has 72 heavy (non-hydrogen) atoms. The van der Waals surface area contributed by atoms with Crippen LogP contribution in [0.4, 0.5) is 0 Å². The fourth-order valence-electron chi connectivity index (χ4n) is 8.88. The number of quaternary nitrogens is 1. The highest BCUT2D eigenvalue weighted by atomic mass is 31.2. The predicted octanol–water partition coefficient (Wildman–Crippen LogP) is 18.2. The minimum Gasteiger partial charge on any atom is -0.756 e. The molecule has 2 N–H and O–H groups in total. The number of aliphatic hydroxyl groups excluding tert-OH is 1. The number of unbranched alkanes of at least 4 members (excludes halogenated alkanes) is 35. The third-order valence-electron chi connectivity index (χ3n) is 13.7. The Morgan fingerprint density at radius 3 is 1.22 bits per heavy atom. The number of likely N-dealkylation sites (N-methyl/N-ethyl adjacent to an activating group) is 1. The molecule has 1 amide bonds. The molecule has 0 aliphatic heterocycles. The number of phosphoric ester groups is 1. The first-order valence-electron chi connectivity index (χ1n) is 30.7. The van der Waals surface area contributed by atoms with Gasteiger partial charge in [0.15, 0.2) is 0 Å². The summed E-state index contributed by atoms with van der Waals surface area (Å²) in [5.41, 5.74) is 0. The number of allylic oxidation sites excluding steroid dienone is 9. The molecule has 422 valence electrons. The van der Waals surface area contributed by atoms with Crippen LogP contribution in [0.2, 0.25) is 0 Å². The number of nitrogens with zero attached hydrogens (tertiary/aromatic N) is 1. The fourth-order valence-corrected chi connectivity index (χ4v) is 9.61. The highest BCUT2D eigenvalue weighted by Crippen LogP contribution is 2.38. The third-order valence-corrected chi connectivity index (χ3v) is 14.7. The molecule has 0 saturated heterocycles. The molecule has 0 rings (SSSR count). The van der Waals surface area contributed by atoms with Gasteiger partial charge in [0.05, 0.1) is 39.9 Å². The average molecular weight is 1030 g/mol. The number of aliphatic hydroxyl groups is 1. The maximum absolute atomic E-state index is 12.9. The number of rotatable bonds is 56. The molecular weight excluding hydrogens is 912 g/mol. The van der Waals surface area contributed by atoms with Crippen LogP contribution in [-0.2, 0) is 18.4 Å². The second kappa shape index (κ2) is 54.0. The lowest BCUT2D eigenvalue weighted by Crippen LogP contribution is -2.45. The van der Waals surface area contributed by atoms with E-state index in [0.717, 1.165) is 51.4 Å². The molecule has 0 aromatic carbocycles. The van der Waals surface area contributed by atoms with Crippen LogP contribution in [-0.4, -0.2) is 68.5 Å². The van der Waals surface area contributed by atoms with Crippen molar-refractivity contribution in [2.24, 2.45) is 0 Å². The van der Waals surface area contributed by atoms with E-state index in [9.17, 15) is 19.4 Å². The van der Waals surface area contributed by atoms with E-state index in [4.69, 9.17) is 9.05 Å². The lowest BCUT2D eigenvalue weighted by molar-refractivity contribution is -0.870. The Labute approximate surface area is 447 Å². The Morgan fingerprint density at radius 2 is 0.819 bits per heavy atom. The molecule has 0 spiro atoms. The summed E-state index contributed by atoms with van der Waals surface area (Å²) in [5.74, 6) is -0.205. The lowest BCUT2D eigenvalue weighted by Gasteiger charge is -2.29. The van der Waals surface area contributed by atoms with Crippen LogP contribution in [0.3, 0.4) is 0 Å². The number of hydrogen-bond donors (Lipinski definition) is 2. The van der Waals surface area contributed by atoms with Gasteiger partial charge in [0.1, 0.15) is 13.2 Å². The molecule has 0 saturated carbocycles. The number of phosphoric acid groups is 1. The quantitative estimate of drug-likeness (QED) is 0.0272. The van der Waals surface area contributed by atoms with E-state index in [1.54, 1.807) is 6.08 Å². The molecule has 0 radical (unpaired) electrons. The van der Waals surface area contributed by atoms with Gasteiger partial charge in [-0.3, -0.25) is 9.36 Å². The van der Waals surface area contributed by atoms with Crippen molar-refractivity contribution in [3.8, 4) is 0 Å². The molecule has 9 heteroatoms. The molecule has 3 atom stereocenters. The van der Waals surface area contributed by atoms with Crippen LogP contribution in [0.25, 0.3) is 0 Å². The van der Waals surface area contributed by atoms with Gasteiger partial charge < -0.3 is 28.8 Å². The third kappa shape index (κ3) is 55.9. The maximum Gasteiger partial charge on any atom is 0.268 e. The topological polar surface area (TPSA) is 108 Å². The number of amides is 1. The molecule has 0 bridgehead atoms. The predicted molar refractivity (Wildman–Crippen MR) is 311 cm³/mol. The summed E-state index contributed by atoms with van der Waals surface area (Å²) in [6.45, 7) is 4.62. The van der Waals surface area contributed by atoms with Crippen molar-refractivity contribution in [3.05, 3.63) is 60.8 Å². The van der Waals surface area contributed by atoms with E-state index in [-0.39, 0.29) is 12.5 Å². The van der Waals surface area contributed by atoms with Gasteiger partial charge in [-0.05, 0) is 70.6 Å². The van der Waals surface area contributed by atoms with Crippen LogP contribution in [0.1, 0.15) is 284 Å². The van der Waals surface area contributed by atoms with Crippen molar-refractivity contribution in [3.63, 3.8) is 0 Å². The van der Waals surface area contributed by atoms with Gasteiger partial charge >= 0.3 is 0 Å². The molecule has 0 aromatic rings. The van der Waals surface area contributed by atoms with Gasteiger partial charge in [0.25, 0.3) is 7.82 Å². The minimum atomic E-state index is -4.60. The van der Waals surface area contributed by atoms with E-state index >= 15 is 0 Å². The smallest absolute Gasteiger partial charge is 0.268 e. The summed E-state index contributed by atoms with van der Waals surface area (Å²) in [6.07, 6.45) is 73.3. The van der Waals surface area contributed by atoms with Crippen molar-refractivity contribution < 1.29 is 32.9 Å². The van der Waals surface area contributed by atoms with Crippen molar-refractivity contribution in [2.75, 3.05) is 40.9 Å². The largest absolute Gasteiger partial charge is 0.756 e. The van der Waals surface area contributed by atoms with Crippen molar-refractivity contribution in [1.82, 2.24) is 5.32 Å². The van der Waals surface area contributed by atoms with E-state index in [0.29, 0.717) is 17.4 Å². The molecule has 3 unspecified atom stereocenters. The van der Waals surface area contributed by atoms with Gasteiger partial charge in [-0.1, -0.05) is 267 Å². The number of nitrogens with one attached hydrogen (secondary N) is 1. The molecule has 0 aliphatic carbocycles. The molecule has 8 nitrogen and oxygen atoms in total. The fraction of sp³-hybridized carbons (Fsp3) is 0.825. The van der Waals surface area contributed by atoms with E-state index in [2.05, 4.69) is 67.8 Å². The highest BCUT2D eigenvalue weighted by Gasteiger charge is 2.23. The second-order valence-corrected chi connectivity index (χ2v) is 23.5. The Kier molecular flexibility index (Phi) is 52.7. The average Bonchev–Trinajstić information content (AvgIpc) is 3.34. The van der Waals surface area contributed by atoms with Crippen molar-refractivity contribution in [2.45, 2.75) is 296 Å². The Bertz CT molecular complexity index is 1360. The lowest BCUT2D eigenvalue weighted by atomic mass is 10.0. The van der Waals surface area contributed by atoms with Crippen LogP contribution in [0.5, 0.6) is 0 Å². The Balaban J connectivity index is 3.95. The van der Waals surface area contributed by atoms with Crippen LogP contribution >= 0.6 is 7.82 Å².